The average molecular weight is 308 g/mol. The fraction of sp³-hybridized carbons (Fsp3) is 0.500. The van der Waals surface area contributed by atoms with Crippen LogP contribution in [0.1, 0.15) is 32.8 Å². The van der Waals surface area contributed by atoms with Crippen LogP contribution in [-0.4, -0.2) is 34.9 Å². The van der Waals surface area contributed by atoms with Gasteiger partial charge in [0.25, 0.3) is 0 Å². The number of nitrogens with two attached hydrogens (primary N) is 1. The third-order valence-electron chi connectivity index (χ3n) is 2.93. The molecule has 0 aliphatic carbocycles. The fourth-order valence-electron chi connectivity index (χ4n) is 1.98. The lowest BCUT2D eigenvalue weighted by Gasteiger charge is -2.26. The molecule has 22 heavy (non-hydrogen) atoms. The van der Waals surface area contributed by atoms with Gasteiger partial charge in [0.05, 0.1) is 12.5 Å². The van der Waals surface area contributed by atoms with Gasteiger partial charge >= 0.3 is 12.1 Å². The van der Waals surface area contributed by atoms with Gasteiger partial charge in [-0.1, -0.05) is 30.3 Å². The summed E-state index contributed by atoms with van der Waals surface area (Å²) < 4.78 is 5.21. The van der Waals surface area contributed by atoms with Gasteiger partial charge in [-0.3, -0.25) is 4.79 Å². The molecule has 0 spiro atoms. The van der Waals surface area contributed by atoms with Crippen LogP contribution in [0.3, 0.4) is 0 Å². The summed E-state index contributed by atoms with van der Waals surface area (Å²) in [6.07, 6.45) is -0.392. The fourth-order valence-corrected chi connectivity index (χ4v) is 1.98. The summed E-state index contributed by atoms with van der Waals surface area (Å²) >= 11 is 0. The minimum atomic E-state index is -1.00. The molecular formula is C16H24N2O4. The van der Waals surface area contributed by atoms with Gasteiger partial charge < -0.3 is 20.9 Å². The number of rotatable bonds is 6. The molecule has 1 rings (SSSR count). The maximum Gasteiger partial charge on any atom is 0.407 e. The first kappa shape index (κ1) is 18.0. The van der Waals surface area contributed by atoms with Gasteiger partial charge in [0, 0.05) is 6.04 Å². The van der Waals surface area contributed by atoms with Crippen molar-refractivity contribution >= 4 is 12.1 Å². The Hall–Kier alpha value is -2.08. The predicted molar refractivity (Wildman–Crippen MR) is 83.5 cm³/mol. The molecule has 4 N–H and O–H groups in total. The highest BCUT2D eigenvalue weighted by Gasteiger charge is 2.25. The molecular weight excluding hydrogens is 284 g/mol. The van der Waals surface area contributed by atoms with Crippen LogP contribution in [0.15, 0.2) is 30.3 Å². The average Bonchev–Trinajstić information content (AvgIpc) is 2.36. The normalized spacial score (nSPS) is 14.0. The van der Waals surface area contributed by atoms with Crippen molar-refractivity contribution in [3.05, 3.63) is 35.9 Å². The lowest BCUT2D eigenvalue weighted by molar-refractivity contribution is -0.137. The summed E-state index contributed by atoms with van der Waals surface area (Å²) in [4.78, 5) is 22.8. The zero-order valence-corrected chi connectivity index (χ0v) is 13.2. The zero-order chi connectivity index (χ0) is 16.8. The van der Waals surface area contributed by atoms with Gasteiger partial charge in [-0.05, 0) is 32.8 Å². The number of carbonyl (C=O) groups excluding carboxylic acids is 1. The maximum absolute atomic E-state index is 11.9. The van der Waals surface area contributed by atoms with Crippen LogP contribution in [0.2, 0.25) is 0 Å². The Kier molecular flexibility index (Phi) is 6.37. The lowest BCUT2D eigenvalue weighted by atomic mass is 9.98. The highest BCUT2D eigenvalue weighted by Crippen LogP contribution is 2.10. The number of carboxylic acid groups (broad SMARTS) is 1. The van der Waals surface area contributed by atoms with Crippen molar-refractivity contribution in [2.24, 2.45) is 5.73 Å². The summed E-state index contributed by atoms with van der Waals surface area (Å²) in [6, 6.07) is 8.22. The van der Waals surface area contributed by atoms with E-state index in [1.54, 1.807) is 20.8 Å². The Balaban J connectivity index is 2.77. The molecule has 1 amide bonds. The number of nitrogens with one attached hydrogen (secondary N) is 1. The second-order valence-electron chi connectivity index (χ2n) is 6.20. The molecule has 0 heterocycles. The monoisotopic (exact) mass is 308 g/mol. The predicted octanol–water partition coefficient (Wildman–Crippen LogP) is 1.92. The third-order valence-corrected chi connectivity index (χ3v) is 2.93. The molecule has 0 aliphatic rings. The molecule has 0 aliphatic heterocycles. The quantitative estimate of drug-likeness (QED) is 0.745. The summed E-state index contributed by atoms with van der Waals surface area (Å²) in [5.74, 6) is -1.00. The molecule has 0 aromatic heterocycles. The standard InChI is InChI=1S/C16H24N2O4/c1-16(2,3)22-15(21)18-13(12(17)10-14(19)20)9-11-7-5-4-6-8-11/h4-8,12-13H,9-10,17H2,1-3H3,(H,18,21)(H,19,20)/t12-,13+/m1/s1. The molecule has 0 saturated carbocycles. The molecule has 6 heteroatoms. The third kappa shape index (κ3) is 7.08. The summed E-state index contributed by atoms with van der Waals surface area (Å²) in [5, 5.41) is 11.6. The number of benzene rings is 1. The van der Waals surface area contributed by atoms with E-state index in [1.165, 1.54) is 0 Å². The highest BCUT2D eigenvalue weighted by atomic mass is 16.6. The van der Waals surface area contributed by atoms with Crippen LogP contribution in [0.25, 0.3) is 0 Å². The van der Waals surface area contributed by atoms with Crippen molar-refractivity contribution in [1.82, 2.24) is 5.32 Å². The number of carboxylic acids is 1. The van der Waals surface area contributed by atoms with Gasteiger partial charge in [0.1, 0.15) is 5.60 Å². The van der Waals surface area contributed by atoms with E-state index in [9.17, 15) is 9.59 Å². The van der Waals surface area contributed by atoms with Gasteiger partial charge in [-0.15, -0.1) is 0 Å². The summed E-state index contributed by atoms with van der Waals surface area (Å²) in [5.41, 5.74) is 6.26. The van der Waals surface area contributed by atoms with Crippen molar-refractivity contribution in [3.63, 3.8) is 0 Å². The minimum Gasteiger partial charge on any atom is -0.481 e. The molecule has 0 radical (unpaired) electrons. The Bertz CT molecular complexity index is 497. The van der Waals surface area contributed by atoms with E-state index in [1.807, 2.05) is 30.3 Å². The lowest BCUT2D eigenvalue weighted by Crippen LogP contribution is -2.51. The van der Waals surface area contributed by atoms with Gasteiger partial charge in [-0.25, -0.2) is 4.79 Å². The molecule has 2 atom stereocenters. The first-order chi connectivity index (χ1) is 10.2. The highest BCUT2D eigenvalue weighted by molar-refractivity contribution is 5.70. The number of hydrogen-bond donors (Lipinski definition) is 3. The topological polar surface area (TPSA) is 102 Å². The van der Waals surface area contributed by atoms with Crippen molar-refractivity contribution in [3.8, 4) is 0 Å². The van der Waals surface area contributed by atoms with Crippen molar-refractivity contribution < 1.29 is 19.4 Å². The van der Waals surface area contributed by atoms with E-state index < -0.39 is 29.7 Å². The molecule has 0 unspecified atom stereocenters. The van der Waals surface area contributed by atoms with Crippen LogP contribution >= 0.6 is 0 Å². The number of aliphatic carboxylic acids is 1. The summed E-state index contributed by atoms with van der Waals surface area (Å²) in [6.45, 7) is 5.28. The van der Waals surface area contributed by atoms with Gasteiger partial charge in [0.2, 0.25) is 0 Å². The van der Waals surface area contributed by atoms with E-state index in [4.69, 9.17) is 15.6 Å². The van der Waals surface area contributed by atoms with E-state index >= 15 is 0 Å². The van der Waals surface area contributed by atoms with E-state index in [-0.39, 0.29) is 6.42 Å². The van der Waals surface area contributed by atoms with Crippen molar-refractivity contribution in [2.45, 2.75) is 51.3 Å². The van der Waals surface area contributed by atoms with Crippen molar-refractivity contribution in [1.29, 1.82) is 0 Å². The van der Waals surface area contributed by atoms with Crippen molar-refractivity contribution in [2.75, 3.05) is 0 Å². The second-order valence-corrected chi connectivity index (χ2v) is 6.20. The summed E-state index contributed by atoms with van der Waals surface area (Å²) in [7, 11) is 0. The minimum absolute atomic E-state index is 0.229. The van der Waals surface area contributed by atoms with Crippen LogP contribution in [-0.2, 0) is 16.0 Å². The molecule has 0 saturated heterocycles. The Labute approximate surface area is 130 Å². The van der Waals surface area contributed by atoms with Crippen LogP contribution < -0.4 is 11.1 Å². The van der Waals surface area contributed by atoms with E-state index in [0.29, 0.717) is 6.42 Å². The van der Waals surface area contributed by atoms with Gasteiger partial charge in [-0.2, -0.15) is 0 Å². The SMILES string of the molecule is CC(C)(C)OC(=O)N[C@@H](Cc1ccccc1)[C@H](N)CC(=O)O. The smallest absolute Gasteiger partial charge is 0.407 e. The molecule has 6 nitrogen and oxygen atoms in total. The first-order valence-electron chi connectivity index (χ1n) is 7.18. The second kappa shape index (κ2) is 7.79. The van der Waals surface area contributed by atoms with Crippen LogP contribution in [0.5, 0.6) is 0 Å². The molecule has 0 fully saturated rings. The Morgan fingerprint density at radius 1 is 1.27 bits per heavy atom. The Morgan fingerprint density at radius 2 is 1.86 bits per heavy atom. The molecule has 122 valence electrons. The number of ether oxygens (including phenoxy) is 1. The Morgan fingerprint density at radius 3 is 2.36 bits per heavy atom. The van der Waals surface area contributed by atoms with Crippen LogP contribution in [0.4, 0.5) is 4.79 Å². The molecule has 1 aromatic carbocycles. The van der Waals surface area contributed by atoms with Crippen LogP contribution in [0, 0.1) is 0 Å². The number of carbonyl (C=O) groups is 2. The van der Waals surface area contributed by atoms with Gasteiger partial charge in [0.15, 0.2) is 0 Å². The van der Waals surface area contributed by atoms with E-state index in [2.05, 4.69) is 5.32 Å². The number of amides is 1. The maximum atomic E-state index is 11.9. The first-order valence-corrected chi connectivity index (χ1v) is 7.18. The zero-order valence-electron chi connectivity index (χ0n) is 13.2. The largest absolute Gasteiger partial charge is 0.481 e. The van der Waals surface area contributed by atoms with E-state index in [0.717, 1.165) is 5.56 Å². The molecule has 1 aromatic rings. The number of alkyl carbamates (subject to hydrolysis) is 1. The number of hydrogen-bond acceptors (Lipinski definition) is 4. The molecule has 0 bridgehead atoms.